The standard InChI is InChI=1S/C12H10N4OS/c1-15-6-2-3-10(15)5-4-9-7-11(17)16-12(14-9)18-8-13-16/h2-8H,1H3. The van der Waals surface area contributed by atoms with Crippen LogP contribution in [0.15, 0.2) is 34.7 Å². The number of hydrogen-bond donors (Lipinski definition) is 0. The summed E-state index contributed by atoms with van der Waals surface area (Å²) in [4.78, 5) is 16.7. The fourth-order valence-electron chi connectivity index (χ4n) is 1.68. The normalized spacial score (nSPS) is 11.6. The van der Waals surface area contributed by atoms with Crippen molar-refractivity contribution in [2.75, 3.05) is 0 Å². The van der Waals surface area contributed by atoms with Gasteiger partial charge < -0.3 is 4.57 Å². The van der Waals surface area contributed by atoms with Crippen LogP contribution >= 0.6 is 11.3 Å². The van der Waals surface area contributed by atoms with Gasteiger partial charge in [-0.2, -0.15) is 9.61 Å². The molecule has 5 nitrogen and oxygen atoms in total. The van der Waals surface area contributed by atoms with Crippen molar-refractivity contribution < 1.29 is 0 Å². The minimum absolute atomic E-state index is 0.159. The first-order valence-corrected chi connectivity index (χ1v) is 6.25. The average Bonchev–Trinajstić information content (AvgIpc) is 2.95. The largest absolute Gasteiger partial charge is 0.351 e. The van der Waals surface area contributed by atoms with E-state index in [9.17, 15) is 4.79 Å². The maximum Gasteiger partial charge on any atom is 0.275 e. The van der Waals surface area contributed by atoms with Gasteiger partial charge in [-0.15, -0.1) is 0 Å². The molecule has 0 saturated carbocycles. The smallest absolute Gasteiger partial charge is 0.275 e. The summed E-state index contributed by atoms with van der Waals surface area (Å²) in [7, 11) is 1.97. The quantitative estimate of drug-likeness (QED) is 0.702. The zero-order valence-corrected chi connectivity index (χ0v) is 10.5. The molecule has 0 saturated heterocycles. The molecular formula is C12H10N4OS. The zero-order valence-electron chi connectivity index (χ0n) is 9.65. The van der Waals surface area contributed by atoms with Crippen molar-refractivity contribution in [3.63, 3.8) is 0 Å². The Kier molecular flexibility index (Phi) is 2.56. The lowest BCUT2D eigenvalue weighted by Crippen LogP contribution is -2.13. The lowest BCUT2D eigenvalue weighted by Gasteiger charge is -1.96. The highest BCUT2D eigenvalue weighted by Gasteiger charge is 2.02. The minimum Gasteiger partial charge on any atom is -0.351 e. The fraction of sp³-hybridized carbons (Fsp3) is 0.0833. The molecule has 0 atom stereocenters. The number of hydrogen-bond acceptors (Lipinski definition) is 4. The van der Waals surface area contributed by atoms with Crippen molar-refractivity contribution in [2.45, 2.75) is 0 Å². The summed E-state index contributed by atoms with van der Waals surface area (Å²) in [6.45, 7) is 0. The Balaban J connectivity index is 2.03. The van der Waals surface area contributed by atoms with Gasteiger partial charge in [-0.05, 0) is 24.3 Å². The zero-order chi connectivity index (χ0) is 12.5. The SMILES string of the molecule is Cn1cccc1C=Cc1cc(=O)n2ncsc2n1. The third kappa shape index (κ3) is 1.86. The molecule has 18 heavy (non-hydrogen) atoms. The van der Waals surface area contributed by atoms with E-state index >= 15 is 0 Å². The van der Waals surface area contributed by atoms with Crippen LogP contribution in [0.25, 0.3) is 17.1 Å². The Bertz CT molecular complexity index is 781. The van der Waals surface area contributed by atoms with Gasteiger partial charge in [0, 0.05) is 25.0 Å². The van der Waals surface area contributed by atoms with Gasteiger partial charge in [-0.1, -0.05) is 11.3 Å². The summed E-state index contributed by atoms with van der Waals surface area (Å²) < 4.78 is 3.29. The second kappa shape index (κ2) is 4.23. The molecule has 0 amide bonds. The fourth-order valence-corrected chi connectivity index (χ4v) is 2.31. The van der Waals surface area contributed by atoms with Crippen molar-refractivity contribution in [3.05, 3.63) is 51.6 Å². The van der Waals surface area contributed by atoms with E-state index in [0.717, 1.165) is 5.69 Å². The van der Waals surface area contributed by atoms with E-state index in [0.29, 0.717) is 10.7 Å². The molecule has 3 aromatic rings. The predicted octanol–water partition coefficient (Wildman–Crippen LogP) is 1.66. The van der Waals surface area contributed by atoms with E-state index < -0.39 is 0 Å². The van der Waals surface area contributed by atoms with Gasteiger partial charge in [0.15, 0.2) is 0 Å². The lowest BCUT2D eigenvalue weighted by atomic mass is 10.3. The summed E-state index contributed by atoms with van der Waals surface area (Å²) in [5.74, 6) is 0. The van der Waals surface area contributed by atoms with Crippen LogP contribution in [0.2, 0.25) is 0 Å². The first kappa shape index (κ1) is 10.9. The first-order chi connectivity index (χ1) is 8.74. The number of aryl methyl sites for hydroxylation is 1. The first-order valence-electron chi connectivity index (χ1n) is 5.37. The Hall–Kier alpha value is -2.21. The van der Waals surface area contributed by atoms with E-state index in [1.165, 1.54) is 21.9 Å². The number of aromatic nitrogens is 4. The van der Waals surface area contributed by atoms with Gasteiger partial charge in [-0.3, -0.25) is 4.79 Å². The van der Waals surface area contributed by atoms with Crippen LogP contribution in [0, 0.1) is 0 Å². The van der Waals surface area contributed by atoms with Crippen molar-refractivity contribution in [2.24, 2.45) is 7.05 Å². The van der Waals surface area contributed by atoms with Crippen LogP contribution in [0.5, 0.6) is 0 Å². The minimum atomic E-state index is -0.159. The molecule has 0 aromatic carbocycles. The van der Waals surface area contributed by atoms with E-state index in [1.54, 1.807) is 5.51 Å². The van der Waals surface area contributed by atoms with Gasteiger partial charge in [0.25, 0.3) is 5.56 Å². The molecule has 0 aliphatic heterocycles. The Morgan fingerprint density at radius 3 is 3.06 bits per heavy atom. The Morgan fingerprint density at radius 2 is 2.28 bits per heavy atom. The van der Waals surface area contributed by atoms with Crippen LogP contribution in [0.3, 0.4) is 0 Å². The molecule has 0 fully saturated rings. The summed E-state index contributed by atoms with van der Waals surface area (Å²) in [5, 5.41) is 3.92. The van der Waals surface area contributed by atoms with Crippen LogP contribution in [-0.4, -0.2) is 19.2 Å². The van der Waals surface area contributed by atoms with Crippen LogP contribution < -0.4 is 5.56 Å². The summed E-state index contributed by atoms with van der Waals surface area (Å²) in [5.41, 5.74) is 3.15. The van der Waals surface area contributed by atoms with Gasteiger partial charge >= 0.3 is 0 Å². The number of nitrogens with zero attached hydrogens (tertiary/aromatic N) is 4. The molecule has 3 rings (SSSR count). The van der Waals surface area contributed by atoms with Crippen molar-refractivity contribution in [3.8, 4) is 0 Å². The molecule has 0 spiro atoms. The monoisotopic (exact) mass is 258 g/mol. The highest BCUT2D eigenvalue weighted by atomic mass is 32.1. The van der Waals surface area contributed by atoms with Gasteiger partial charge in [0.1, 0.15) is 5.51 Å². The molecule has 0 bridgehead atoms. The molecule has 0 aliphatic carbocycles. The topological polar surface area (TPSA) is 52.2 Å². The molecule has 3 heterocycles. The summed E-state index contributed by atoms with van der Waals surface area (Å²) in [6, 6.07) is 5.44. The maximum absolute atomic E-state index is 11.7. The Morgan fingerprint density at radius 1 is 1.39 bits per heavy atom. The highest BCUT2D eigenvalue weighted by molar-refractivity contribution is 7.14. The molecule has 90 valence electrons. The van der Waals surface area contributed by atoms with Gasteiger partial charge in [0.2, 0.25) is 4.96 Å². The lowest BCUT2D eigenvalue weighted by molar-refractivity contribution is 0.897. The molecule has 6 heteroatoms. The third-order valence-electron chi connectivity index (χ3n) is 2.62. The van der Waals surface area contributed by atoms with Crippen LogP contribution in [0.1, 0.15) is 11.4 Å². The highest BCUT2D eigenvalue weighted by Crippen LogP contribution is 2.08. The van der Waals surface area contributed by atoms with Gasteiger partial charge in [0.05, 0.1) is 5.69 Å². The third-order valence-corrected chi connectivity index (χ3v) is 3.29. The van der Waals surface area contributed by atoms with Gasteiger partial charge in [-0.25, -0.2) is 4.98 Å². The molecular weight excluding hydrogens is 248 g/mol. The van der Waals surface area contributed by atoms with Crippen molar-refractivity contribution >= 4 is 28.4 Å². The van der Waals surface area contributed by atoms with Crippen LogP contribution in [-0.2, 0) is 7.05 Å². The molecule has 0 radical (unpaired) electrons. The van der Waals surface area contributed by atoms with E-state index in [-0.39, 0.29) is 5.56 Å². The molecule has 0 aliphatic rings. The molecule has 0 N–H and O–H groups in total. The Labute approximate surface area is 107 Å². The number of rotatable bonds is 2. The second-order valence-corrected chi connectivity index (χ2v) is 4.64. The van der Waals surface area contributed by atoms with Crippen molar-refractivity contribution in [1.29, 1.82) is 0 Å². The van der Waals surface area contributed by atoms with E-state index in [4.69, 9.17) is 0 Å². The summed E-state index contributed by atoms with van der Waals surface area (Å²) in [6.07, 6.45) is 5.73. The van der Waals surface area contributed by atoms with E-state index in [1.807, 2.05) is 42.1 Å². The number of fused-ring (bicyclic) bond motifs is 1. The van der Waals surface area contributed by atoms with E-state index in [2.05, 4.69) is 10.1 Å². The predicted molar refractivity (Wildman–Crippen MR) is 71.5 cm³/mol. The maximum atomic E-state index is 11.7. The second-order valence-electron chi connectivity index (χ2n) is 3.83. The van der Waals surface area contributed by atoms with Crippen molar-refractivity contribution in [1.82, 2.24) is 19.2 Å². The van der Waals surface area contributed by atoms with Crippen LogP contribution in [0.4, 0.5) is 0 Å². The summed E-state index contributed by atoms with van der Waals surface area (Å²) >= 11 is 1.34. The molecule has 3 aromatic heterocycles. The molecule has 0 unspecified atom stereocenters. The average molecular weight is 258 g/mol.